The molecular weight excluding hydrogens is 901 g/mol. The van der Waals surface area contributed by atoms with E-state index in [0.717, 1.165) is 116 Å². The normalized spacial score (nSPS) is 12.8. The van der Waals surface area contributed by atoms with E-state index in [0.29, 0.717) is 19.3 Å². The summed E-state index contributed by atoms with van der Waals surface area (Å²) >= 11 is 0. The van der Waals surface area contributed by atoms with Crippen molar-refractivity contribution < 1.29 is 28.6 Å². The van der Waals surface area contributed by atoms with Crippen LogP contribution in [0.15, 0.2) is 97.2 Å². The van der Waals surface area contributed by atoms with E-state index in [1.165, 1.54) is 135 Å². The van der Waals surface area contributed by atoms with Crippen LogP contribution >= 0.6 is 0 Å². The average Bonchev–Trinajstić information content (AvgIpc) is 3.39. The van der Waals surface area contributed by atoms with Gasteiger partial charge in [0.2, 0.25) is 0 Å². The lowest BCUT2D eigenvalue weighted by atomic mass is 10.1. The Morgan fingerprint density at radius 2 is 0.534 bits per heavy atom. The molecule has 0 radical (unpaired) electrons. The van der Waals surface area contributed by atoms with Gasteiger partial charge in [-0.25, -0.2) is 0 Å². The minimum Gasteiger partial charge on any atom is -0.462 e. The maximum absolute atomic E-state index is 12.9. The molecular formula is C67H114O6. The number of carbonyl (C=O) groups is 3. The SMILES string of the molecule is CC/C=C\C/C=C\C/C=C\C/C=C\C/C=C\C/C=C\CCCCCCC(=O)OCC(COC(=O)CCCCCCCCCCCCC)OC(=O)CCCCCCCCCCC/C=C\C/C=C\CCCCCCC. The fraction of sp³-hybridized carbons (Fsp3) is 0.716. The van der Waals surface area contributed by atoms with Crippen LogP contribution in [-0.2, 0) is 28.6 Å². The van der Waals surface area contributed by atoms with Crippen molar-refractivity contribution in [1.29, 1.82) is 0 Å². The van der Waals surface area contributed by atoms with Gasteiger partial charge in [-0.15, -0.1) is 0 Å². The third kappa shape index (κ3) is 59.1. The number of unbranched alkanes of at least 4 members (excludes halogenated alkanes) is 28. The van der Waals surface area contributed by atoms with E-state index in [4.69, 9.17) is 14.2 Å². The van der Waals surface area contributed by atoms with Crippen molar-refractivity contribution in [2.75, 3.05) is 13.2 Å². The molecule has 6 nitrogen and oxygen atoms in total. The van der Waals surface area contributed by atoms with Gasteiger partial charge < -0.3 is 14.2 Å². The highest BCUT2D eigenvalue weighted by Crippen LogP contribution is 2.15. The number of allylic oxidation sites excluding steroid dienone is 16. The molecule has 0 saturated heterocycles. The predicted octanol–water partition coefficient (Wildman–Crippen LogP) is 20.9. The van der Waals surface area contributed by atoms with Crippen molar-refractivity contribution in [2.24, 2.45) is 0 Å². The second-order valence-electron chi connectivity index (χ2n) is 20.2. The molecule has 0 aromatic heterocycles. The number of hydrogen-bond donors (Lipinski definition) is 0. The Labute approximate surface area is 451 Å². The summed E-state index contributed by atoms with van der Waals surface area (Å²) < 4.78 is 16.9. The zero-order valence-electron chi connectivity index (χ0n) is 47.9. The summed E-state index contributed by atoms with van der Waals surface area (Å²) in [6.07, 6.45) is 81.2. The van der Waals surface area contributed by atoms with Crippen LogP contribution in [0.25, 0.3) is 0 Å². The number of hydrogen-bond acceptors (Lipinski definition) is 6. The lowest BCUT2D eigenvalue weighted by Gasteiger charge is -2.18. The first-order chi connectivity index (χ1) is 36.0. The van der Waals surface area contributed by atoms with Gasteiger partial charge in [-0.05, 0) is 103 Å². The highest BCUT2D eigenvalue weighted by molar-refractivity contribution is 5.71. The van der Waals surface area contributed by atoms with Crippen LogP contribution in [0.1, 0.15) is 290 Å². The number of esters is 3. The second kappa shape index (κ2) is 60.9. The summed E-state index contributed by atoms with van der Waals surface area (Å²) in [5.41, 5.74) is 0. The largest absolute Gasteiger partial charge is 0.462 e. The van der Waals surface area contributed by atoms with Crippen LogP contribution in [0, 0.1) is 0 Å². The Kier molecular flexibility index (Phi) is 57.8. The standard InChI is InChI=1S/C67H114O6/c1-4-7-10-13-16-19-22-24-26-28-30-32-33-35-36-38-40-42-45-48-51-54-57-60-66(69)72-63-64(62-71-65(68)59-56-53-50-47-44-21-18-15-12-9-6-3)73-67(70)61-58-55-52-49-46-43-41-39-37-34-31-29-27-25-23-20-17-14-11-8-5-2/h7,10,16,19,23-26,29-32,35-36,40,42,64H,4-6,8-9,11-15,17-18,20-22,27-28,33-34,37-39,41,43-63H2,1-3H3/b10-7-,19-16-,25-23-,26-24-,31-29-,32-30-,36-35-,42-40-. The summed E-state index contributed by atoms with van der Waals surface area (Å²) in [5.74, 6) is -0.910. The topological polar surface area (TPSA) is 78.9 Å². The maximum Gasteiger partial charge on any atom is 0.306 e. The molecule has 0 amide bonds. The molecule has 1 unspecified atom stereocenters. The van der Waals surface area contributed by atoms with Gasteiger partial charge in [-0.2, -0.15) is 0 Å². The third-order valence-corrected chi connectivity index (χ3v) is 13.1. The van der Waals surface area contributed by atoms with Gasteiger partial charge in [-0.1, -0.05) is 266 Å². The van der Waals surface area contributed by atoms with Gasteiger partial charge in [0.15, 0.2) is 6.10 Å². The Morgan fingerprint density at radius 3 is 0.836 bits per heavy atom. The van der Waals surface area contributed by atoms with Crippen molar-refractivity contribution in [3.63, 3.8) is 0 Å². The summed E-state index contributed by atoms with van der Waals surface area (Å²) in [5, 5.41) is 0. The molecule has 0 fully saturated rings. The van der Waals surface area contributed by atoms with E-state index < -0.39 is 6.10 Å². The monoisotopic (exact) mass is 1010 g/mol. The van der Waals surface area contributed by atoms with Crippen LogP contribution in [0.4, 0.5) is 0 Å². The van der Waals surface area contributed by atoms with Crippen LogP contribution in [0.2, 0.25) is 0 Å². The molecule has 1 atom stereocenters. The molecule has 418 valence electrons. The Balaban J connectivity index is 4.37. The highest BCUT2D eigenvalue weighted by atomic mass is 16.6. The predicted molar refractivity (Wildman–Crippen MR) is 316 cm³/mol. The van der Waals surface area contributed by atoms with Crippen molar-refractivity contribution in [2.45, 2.75) is 297 Å². The highest BCUT2D eigenvalue weighted by Gasteiger charge is 2.19. The summed E-state index contributed by atoms with van der Waals surface area (Å²) in [4.78, 5) is 38.2. The maximum atomic E-state index is 12.9. The first kappa shape index (κ1) is 69.3. The van der Waals surface area contributed by atoms with Crippen LogP contribution in [0.3, 0.4) is 0 Å². The molecule has 0 bridgehead atoms. The Morgan fingerprint density at radius 1 is 0.288 bits per heavy atom. The van der Waals surface area contributed by atoms with Crippen LogP contribution < -0.4 is 0 Å². The van der Waals surface area contributed by atoms with Gasteiger partial charge in [-0.3, -0.25) is 14.4 Å². The van der Waals surface area contributed by atoms with E-state index in [1.54, 1.807) is 0 Å². The van der Waals surface area contributed by atoms with Crippen molar-refractivity contribution in [3.05, 3.63) is 97.2 Å². The van der Waals surface area contributed by atoms with Crippen molar-refractivity contribution in [1.82, 2.24) is 0 Å². The van der Waals surface area contributed by atoms with E-state index >= 15 is 0 Å². The molecule has 0 spiro atoms. The number of carbonyl (C=O) groups excluding carboxylic acids is 3. The molecule has 0 aliphatic rings. The molecule has 0 N–H and O–H groups in total. The molecule has 6 heteroatoms. The molecule has 0 aliphatic carbocycles. The third-order valence-electron chi connectivity index (χ3n) is 13.1. The van der Waals surface area contributed by atoms with E-state index in [-0.39, 0.29) is 31.1 Å². The fourth-order valence-electron chi connectivity index (χ4n) is 8.48. The van der Waals surface area contributed by atoms with Crippen molar-refractivity contribution >= 4 is 17.9 Å². The van der Waals surface area contributed by atoms with Gasteiger partial charge in [0, 0.05) is 19.3 Å². The number of rotatable bonds is 55. The summed E-state index contributed by atoms with van der Waals surface area (Å²) in [6, 6.07) is 0. The summed E-state index contributed by atoms with van der Waals surface area (Å²) in [7, 11) is 0. The first-order valence-electron chi connectivity index (χ1n) is 30.7. The molecule has 0 rings (SSSR count). The Hall–Kier alpha value is -3.67. The smallest absolute Gasteiger partial charge is 0.306 e. The summed E-state index contributed by atoms with van der Waals surface area (Å²) in [6.45, 7) is 6.50. The van der Waals surface area contributed by atoms with Gasteiger partial charge >= 0.3 is 17.9 Å². The van der Waals surface area contributed by atoms with E-state index in [1.807, 2.05) is 0 Å². The van der Waals surface area contributed by atoms with Crippen LogP contribution in [-0.4, -0.2) is 37.2 Å². The fourth-order valence-corrected chi connectivity index (χ4v) is 8.48. The average molecular weight is 1020 g/mol. The minimum absolute atomic E-state index is 0.0859. The quantitative estimate of drug-likeness (QED) is 0.0261. The van der Waals surface area contributed by atoms with Crippen molar-refractivity contribution in [3.8, 4) is 0 Å². The molecule has 0 aliphatic heterocycles. The minimum atomic E-state index is -0.790. The molecule has 0 aromatic carbocycles. The van der Waals surface area contributed by atoms with E-state index in [9.17, 15) is 14.4 Å². The zero-order chi connectivity index (χ0) is 52.9. The molecule has 0 aromatic rings. The first-order valence-corrected chi connectivity index (χ1v) is 30.7. The van der Waals surface area contributed by atoms with Gasteiger partial charge in [0.25, 0.3) is 0 Å². The lowest BCUT2D eigenvalue weighted by Crippen LogP contribution is -2.30. The van der Waals surface area contributed by atoms with E-state index in [2.05, 4.69) is 118 Å². The molecule has 0 heterocycles. The van der Waals surface area contributed by atoms with Gasteiger partial charge in [0.05, 0.1) is 0 Å². The molecule has 0 saturated carbocycles. The zero-order valence-corrected chi connectivity index (χ0v) is 47.9. The van der Waals surface area contributed by atoms with Crippen LogP contribution in [0.5, 0.6) is 0 Å². The Bertz CT molecular complexity index is 1440. The molecule has 73 heavy (non-hydrogen) atoms. The lowest BCUT2D eigenvalue weighted by molar-refractivity contribution is -0.167. The number of ether oxygens (including phenoxy) is 3. The van der Waals surface area contributed by atoms with Gasteiger partial charge in [0.1, 0.15) is 13.2 Å². The second-order valence-corrected chi connectivity index (χ2v) is 20.2.